The lowest BCUT2D eigenvalue weighted by atomic mass is 10.0. The van der Waals surface area contributed by atoms with Crippen molar-refractivity contribution in [3.05, 3.63) is 12.0 Å². The highest BCUT2D eigenvalue weighted by Crippen LogP contribution is 2.52. The van der Waals surface area contributed by atoms with Crippen LogP contribution in [0.5, 0.6) is 0 Å². The van der Waals surface area contributed by atoms with Crippen LogP contribution >= 0.6 is 8.38 Å². The van der Waals surface area contributed by atoms with E-state index in [1.54, 1.807) is 12.7 Å². The Labute approximate surface area is 178 Å². The van der Waals surface area contributed by atoms with Gasteiger partial charge in [-0.15, -0.1) is 0 Å². The standard InChI is InChI=1S/C18H26N7O4P/c1-18-9-26-13(14(18)29-30(4)27-7-5-6-19)16(28-18)25-11-21-12-8-20-17(23-15(12)25)22-10-24(2)3/h10-11,13-14,16H,5,7-9H2,1-4H3,(H,20,23)/b22-10+/t13-,14?,16+,18-,30?/m0/s1/i1D. The van der Waals surface area contributed by atoms with Crippen molar-refractivity contribution in [3.8, 4) is 6.07 Å². The molecular weight excluding hydrogens is 409 g/mol. The molecule has 11 nitrogen and oxygen atoms in total. The Kier molecular flexibility index (Phi) is 5.67. The van der Waals surface area contributed by atoms with Crippen LogP contribution in [0.3, 0.4) is 0 Å². The zero-order valence-electron chi connectivity index (χ0n) is 18.2. The van der Waals surface area contributed by atoms with Crippen LogP contribution in [0, 0.1) is 11.3 Å². The predicted molar refractivity (Wildman–Crippen MR) is 111 cm³/mol. The van der Waals surface area contributed by atoms with E-state index in [0.29, 0.717) is 31.3 Å². The average Bonchev–Trinajstić information content (AvgIpc) is 3.42. The maximum Gasteiger partial charge on any atom is 0.226 e. The summed E-state index contributed by atoms with van der Waals surface area (Å²) in [7, 11) is 2.53. The third kappa shape index (κ3) is 4.06. The summed E-state index contributed by atoms with van der Waals surface area (Å²) < 4.78 is 34.0. The summed E-state index contributed by atoms with van der Waals surface area (Å²) in [6.07, 6.45) is 2.24. The number of hydrogen-bond acceptors (Lipinski definition) is 9. The van der Waals surface area contributed by atoms with Crippen LogP contribution in [0.2, 0.25) is 0 Å². The molecule has 5 atom stereocenters. The molecule has 2 unspecified atom stereocenters. The SMILES string of the molecule is [2H]C[C@]12CO[C@@H](C1OP(C)OCCC#N)[C@H](n1cnc3c1N=C(/N=C/N(C)C)NC3)O2. The first-order chi connectivity index (χ1) is 15.0. The first-order valence-corrected chi connectivity index (χ1v) is 11.2. The second-order valence-electron chi connectivity index (χ2n) is 7.48. The fourth-order valence-electron chi connectivity index (χ4n) is 3.50. The number of aromatic nitrogens is 2. The normalized spacial score (nSPS) is 31.1. The van der Waals surface area contributed by atoms with E-state index in [1.165, 1.54) is 0 Å². The summed E-state index contributed by atoms with van der Waals surface area (Å²) >= 11 is 0. The van der Waals surface area contributed by atoms with Crippen LogP contribution in [0.4, 0.5) is 5.82 Å². The minimum Gasteiger partial charge on any atom is -0.369 e. The summed E-state index contributed by atoms with van der Waals surface area (Å²) in [4.78, 5) is 15.2. The van der Waals surface area contributed by atoms with Gasteiger partial charge in [0.15, 0.2) is 20.4 Å². The Hall–Kier alpha value is -2.09. The summed E-state index contributed by atoms with van der Waals surface area (Å²) in [6.45, 7) is 2.92. The summed E-state index contributed by atoms with van der Waals surface area (Å²) in [5.74, 6) is 1.13. The number of nitrogens with one attached hydrogen (secondary N) is 1. The highest BCUT2D eigenvalue weighted by Gasteiger charge is 2.61. The molecule has 2 fully saturated rings. The van der Waals surface area contributed by atoms with Crippen LogP contribution in [0.15, 0.2) is 16.3 Å². The van der Waals surface area contributed by atoms with Crippen molar-refractivity contribution in [2.24, 2.45) is 9.98 Å². The Morgan fingerprint density at radius 3 is 3.27 bits per heavy atom. The molecule has 0 aliphatic carbocycles. The van der Waals surface area contributed by atoms with Crippen molar-refractivity contribution < 1.29 is 19.9 Å². The molecule has 3 aliphatic rings. The third-order valence-electron chi connectivity index (χ3n) is 4.87. The van der Waals surface area contributed by atoms with Gasteiger partial charge in [-0.2, -0.15) is 10.3 Å². The van der Waals surface area contributed by atoms with Gasteiger partial charge < -0.3 is 28.7 Å². The molecule has 30 heavy (non-hydrogen) atoms. The van der Waals surface area contributed by atoms with Crippen LogP contribution < -0.4 is 5.32 Å². The van der Waals surface area contributed by atoms with Gasteiger partial charge in [-0.1, -0.05) is 0 Å². The molecule has 4 heterocycles. The van der Waals surface area contributed by atoms with Crippen LogP contribution in [-0.2, 0) is 25.1 Å². The second kappa shape index (κ2) is 8.57. The van der Waals surface area contributed by atoms with Crippen LogP contribution in [-0.4, -0.2) is 78.5 Å². The summed E-state index contributed by atoms with van der Waals surface area (Å²) in [6, 6.07) is 2.05. The van der Waals surface area contributed by atoms with Gasteiger partial charge in [-0.3, -0.25) is 4.57 Å². The number of rotatable bonds is 7. The molecule has 4 rings (SSSR count). The van der Waals surface area contributed by atoms with Crippen molar-refractivity contribution >= 4 is 26.5 Å². The van der Waals surface area contributed by atoms with Crippen molar-refractivity contribution in [2.75, 3.05) is 34.0 Å². The van der Waals surface area contributed by atoms with Crippen molar-refractivity contribution in [1.82, 2.24) is 19.8 Å². The zero-order valence-corrected chi connectivity index (χ0v) is 18.1. The maximum absolute atomic E-state index is 8.69. The third-order valence-corrected chi connectivity index (χ3v) is 5.94. The van der Waals surface area contributed by atoms with Crippen molar-refractivity contribution in [2.45, 2.75) is 43.9 Å². The Balaban J connectivity index is 1.55. The van der Waals surface area contributed by atoms with E-state index in [1.807, 2.05) is 36.3 Å². The summed E-state index contributed by atoms with van der Waals surface area (Å²) in [5, 5.41) is 11.8. The van der Waals surface area contributed by atoms with E-state index in [4.69, 9.17) is 25.2 Å². The molecule has 12 heteroatoms. The molecular formula is C18H26N7O4P. The molecule has 1 aromatic rings. The van der Waals surface area contributed by atoms with Gasteiger partial charge in [-0.25, -0.2) is 9.98 Å². The molecule has 162 valence electrons. The van der Waals surface area contributed by atoms with Gasteiger partial charge in [0.1, 0.15) is 23.5 Å². The molecule has 0 radical (unpaired) electrons. The molecule has 2 bridgehead atoms. The average molecular weight is 436 g/mol. The number of guanidine groups is 1. The molecule has 0 aromatic carbocycles. The Bertz CT molecular complexity index is 904. The van der Waals surface area contributed by atoms with E-state index < -0.39 is 32.4 Å². The second-order valence-corrected chi connectivity index (χ2v) is 8.82. The quantitative estimate of drug-likeness (QED) is 0.296. The monoisotopic (exact) mass is 436 g/mol. The van der Waals surface area contributed by atoms with Gasteiger partial charge in [-0.05, 0) is 6.90 Å². The smallest absolute Gasteiger partial charge is 0.226 e. The fraction of sp³-hybridized carbons (Fsp3) is 0.667. The first-order valence-electron chi connectivity index (χ1n) is 10.3. The van der Waals surface area contributed by atoms with E-state index in [0.717, 1.165) is 5.69 Å². The molecule has 0 spiro atoms. The number of aliphatic imine (C=N–C) groups is 2. The Morgan fingerprint density at radius 1 is 1.63 bits per heavy atom. The number of nitrogens with zero attached hydrogens (tertiary/aromatic N) is 6. The molecule has 0 amide bonds. The van der Waals surface area contributed by atoms with E-state index in [9.17, 15) is 0 Å². The van der Waals surface area contributed by atoms with Crippen molar-refractivity contribution in [1.29, 1.82) is 5.26 Å². The highest BCUT2D eigenvalue weighted by atomic mass is 31.2. The van der Waals surface area contributed by atoms with E-state index in [-0.39, 0.29) is 13.5 Å². The first kappa shape index (κ1) is 19.8. The lowest BCUT2D eigenvalue weighted by Crippen LogP contribution is -2.37. The van der Waals surface area contributed by atoms with E-state index in [2.05, 4.69) is 20.3 Å². The molecule has 1 N–H and O–H groups in total. The molecule has 2 saturated heterocycles. The summed E-state index contributed by atoms with van der Waals surface area (Å²) in [5.41, 5.74) is -0.102. The van der Waals surface area contributed by atoms with Gasteiger partial charge in [0.25, 0.3) is 0 Å². The number of imidazole rings is 1. The highest BCUT2D eigenvalue weighted by molar-refractivity contribution is 7.46. The minimum atomic E-state index is -1.24. The number of fused-ring (bicyclic) bond motifs is 3. The van der Waals surface area contributed by atoms with Crippen molar-refractivity contribution in [3.63, 3.8) is 0 Å². The lowest BCUT2D eigenvalue weighted by molar-refractivity contribution is -0.165. The van der Waals surface area contributed by atoms with E-state index >= 15 is 0 Å². The lowest BCUT2D eigenvalue weighted by Gasteiger charge is -2.29. The largest absolute Gasteiger partial charge is 0.369 e. The number of nitriles is 1. The molecule has 0 saturated carbocycles. The van der Waals surface area contributed by atoms with Gasteiger partial charge >= 0.3 is 0 Å². The predicted octanol–water partition coefficient (Wildman–Crippen LogP) is 1.51. The Morgan fingerprint density at radius 2 is 2.50 bits per heavy atom. The molecule has 3 aliphatic heterocycles. The number of ether oxygens (including phenoxy) is 2. The number of hydrogen-bond donors (Lipinski definition) is 1. The maximum atomic E-state index is 8.69. The fourth-order valence-corrected chi connectivity index (χ4v) is 4.54. The van der Waals surface area contributed by atoms with Crippen LogP contribution in [0.25, 0.3) is 0 Å². The van der Waals surface area contributed by atoms with Gasteiger partial charge in [0.2, 0.25) is 5.96 Å². The molecule has 1 aromatic heterocycles. The van der Waals surface area contributed by atoms with Gasteiger partial charge in [0.05, 0.1) is 44.9 Å². The minimum absolute atomic E-state index is 0.00781. The van der Waals surface area contributed by atoms with Crippen LogP contribution in [0.1, 0.15) is 26.6 Å². The zero-order chi connectivity index (χ0) is 22.0. The van der Waals surface area contributed by atoms with Gasteiger partial charge in [0, 0.05) is 22.1 Å². The topological polar surface area (TPSA) is 119 Å².